The molecule has 0 aliphatic carbocycles. The van der Waals surface area contributed by atoms with E-state index in [9.17, 15) is 4.79 Å². The third kappa shape index (κ3) is 2.87. The lowest BCUT2D eigenvalue weighted by Gasteiger charge is -2.04. The summed E-state index contributed by atoms with van der Waals surface area (Å²) in [6, 6.07) is -0.504. The first kappa shape index (κ1) is 9.73. The maximum atomic E-state index is 11.0. The Hall–Kier alpha value is -1.36. The average Bonchev–Trinajstić information content (AvgIpc) is 2.47. The Bertz CT molecular complexity index is 293. The molecule has 72 valence electrons. The number of carbonyl (C=O) groups is 1. The van der Waals surface area contributed by atoms with Crippen LogP contribution in [0.1, 0.15) is 18.6 Å². The molecule has 0 saturated heterocycles. The van der Waals surface area contributed by atoms with E-state index in [1.165, 1.54) is 0 Å². The van der Waals surface area contributed by atoms with Crippen LogP contribution in [0.3, 0.4) is 0 Å². The zero-order valence-electron chi connectivity index (χ0n) is 7.70. The summed E-state index contributed by atoms with van der Waals surface area (Å²) in [5, 5.41) is 2.59. The first-order valence-corrected chi connectivity index (χ1v) is 4.04. The Balaban J connectivity index is 2.39. The van der Waals surface area contributed by atoms with Gasteiger partial charge in [-0.05, 0) is 13.8 Å². The summed E-state index contributed by atoms with van der Waals surface area (Å²) in [5.41, 5.74) is 5.34. The molecule has 0 aliphatic rings. The minimum atomic E-state index is -0.504. The highest BCUT2D eigenvalue weighted by molar-refractivity contribution is 5.80. The van der Waals surface area contributed by atoms with E-state index >= 15 is 0 Å². The summed E-state index contributed by atoms with van der Waals surface area (Å²) in [6.07, 6.45) is 1.60. The number of nitrogens with two attached hydrogens (primary N) is 1. The third-order valence-corrected chi connectivity index (χ3v) is 1.50. The van der Waals surface area contributed by atoms with E-state index in [0.717, 1.165) is 5.76 Å². The summed E-state index contributed by atoms with van der Waals surface area (Å²) < 4.78 is 5.15. The van der Waals surface area contributed by atoms with Gasteiger partial charge in [0.25, 0.3) is 0 Å². The fraction of sp³-hybridized carbons (Fsp3) is 0.500. The third-order valence-electron chi connectivity index (χ3n) is 1.50. The van der Waals surface area contributed by atoms with Crippen molar-refractivity contribution < 1.29 is 9.21 Å². The van der Waals surface area contributed by atoms with Gasteiger partial charge in [-0.1, -0.05) is 0 Å². The van der Waals surface area contributed by atoms with Crippen molar-refractivity contribution in [1.29, 1.82) is 0 Å². The SMILES string of the molecule is Cc1cnc(CNC(=O)[C@H](C)N)o1. The number of hydrogen-bond acceptors (Lipinski definition) is 4. The summed E-state index contributed by atoms with van der Waals surface area (Å²) in [5.74, 6) is 1.01. The van der Waals surface area contributed by atoms with E-state index in [4.69, 9.17) is 10.2 Å². The molecule has 5 nitrogen and oxygen atoms in total. The maximum absolute atomic E-state index is 11.0. The fourth-order valence-electron chi connectivity index (χ4n) is 0.807. The number of amides is 1. The molecule has 0 fully saturated rings. The van der Waals surface area contributed by atoms with E-state index in [1.54, 1.807) is 20.0 Å². The van der Waals surface area contributed by atoms with E-state index in [1.807, 2.05) is 0 Å². The second kappa shape index (κ2) is 4.04. The Kier molecular flexibility index (Phi) is 3.02. The number of hydrogen-bond donors (Lipinski definition) is 2. The second-order valence-corrected chi connectivity index (χ2v) is 2.87. The average molecular weight is 183 g/mol. The summed E-state index contributed by atoms with van der Waals surface area (Å²) in [6.45, 7) is 3.70. The summed E-state index contributed by atoms with van der Waals surface area (Å²) >= 11 is 0. The van der Waals surface area contributed by atoms with Crippen molar-refractivity contribution in [2.45, 2.75) is 26.4 Å². The fourth-order valence-corrected chi connectivity index (χ4v) is 0.807. The largest absolute Gasteiger partial charge is 0.444 e. The number of nitrogens with zero attached hydrogens (tertiary/aromatic N) is 1. The van der Waals surface area contributed by atoms with Gasteiger partial charge in [-0.2, -0.15) is 0 Å². The van der Waals surface area contributed by atoms with Crippen molar-refractivity contribution in [2.75, 3.05) is 0 Å². The Labute approximate surface area is 76.3 Å². The van der Waals surface area contributed by atoms with Crippen LogP contribution in [-0.2, 0) is 11.3 Å². The highest BCUT2D eigenvalue weighted by Crippen LogP contribution is 2.00. The van der Waals surface area contributed by atoms with Crippen molar-refractivity contribution in [1.82, 2.24) is 10.3 Å². The molecule has 0 radical (unpaired) electrons. The zero-order valence-corrected chi connectivity index (χ0v) is 7.70. The quantitative estimate of drug-likeness (QED) is 0.688. The number of aryl methyl sites for hydroxylation is 1. The van der Waals surface area contributed by atoms with E-state index in [-0.39, 0.29) is 12.5 Å². The van der Waals surface area contributed by atoms with Crippen LogP contribution in [0.25, 0.3) is 0 Å². The first-order chi connectivity index (χ1) is 6.09. The lowest BCUT2D eigenvalue weighted by atomic mass is 10.3. The predicted molar refractivity (Wildman–Crippen MR) is 46.7 cm³/mol. The molecule has 1 rings (SSSR count). The standard InChI is InChI=1S/C8H13N3O2/c1-5-3-10-7(13-5)4-11-8(12)6(2)9/h3,6H,4,9H2,1-2H3,(H,11,12)/t6-/m0/s1. The van der Waals surface area contributed by atoms with Crippen molar-refractivity contribution in [3.05, 3.63) is 17.8 Å². The Morgan fingerprint density at radius 3 is 3.00 bits per heavy atom. The van der Waals surface area contributed by atoms with Crippen LogP contribution in [0.2, 0.25) is 0 Å². The molecule has 5 heteroatoms. The van der Waals surface area contributed by atoms with Crippen LogP contribution in [0, 0.1) is 6.92 Å². The van der Waals surface area contributed by atoms with Crippen LogP contribution in [-0.4, -0.2) is 16.9 Å². The lowest BCUT2D eigenvalue weighted by molar-refractivity contribution is -0.122. The van der Waals surface area contributed by atoms with Gasteiger partial charge in [0.15, 0.2) is 0 Å². The van der Waals surface area contributed by atoms with Crippen LogP contribution in [0.4, 0.5) is 0 Å². The molecule has 1 amide bonds. The highest BCUT2D eigenvalue weighted by Gasteiger charge is 2.07. The van der Waals surface area contributed by atoms with Crippen molar-refractivity contribution in [2.24, 2.45) is 5.73 Å². The number of rotatable bonds is 3. The normalized spacial score (nSPS) is 12.5. The highest BCUT2D eigenvalue weighted by atomic mass is 16.4. The van der Waals surface area contributed by atoms with Gasteiger partial charge in [0, 0.05) is 0 Å². The van der Waals surface area contributed by atoms with Gasteiger partial charge in [-0.15, -0.1) is 0 Å². The number of carbonyl (C=O) groups excluding carboxylic acids is 1. The zero-order chi connectivity index (χ0) is 9.84. The van der Waals surface area contributed by atoms with Gasteiger partial charge in [-0.3, -0.25) is 4.79 Å². The maximum Gasteiger partial charge on any atom is 0.237 e. The van der Waals surface area contributed by atoms with Gasteiger partial charge in [0.1, 0.15) is 5.76 Å². The molecule has 0 aromatic carbocycles. The molecule has 3 N–H and O–H groups in total. The number of nitrogens with one attached hydrogen (secondary N) is 1. The summed E-state index contributed by atoms with van der Waals surface area (Å²) in [7, 11) is 0. The van der Waals surface area contributed by atoms with Crippen LogP contribution in [0.15, 0.2) is 10.6 Å². The second-order valence-electron chi connectivity index (χ2n) is 2.87. The van der Waals surface area contributed by atoms with Crippen LogP contribution >= 0.6 is 0 Å². The lowest BCUT2D eigenvalue weighted by Crippen LogP contribution is -2.37. The predicted octanol–water partition coefficient (Wildman–Crippen LogP) is -0.0536. The van der Waals surface area contributed by atoms with Crippen molar-refractivity contribution >= 4 is 5.91 Å². The minimum Gasteiger partial charge on any atom is -0.444 e. The molecule has 1 atom stereocenters. The molecule has 0 aliphatic heterocycles. The minimum absolute atomic E-state index is 0.212. The van der Waals surface area contributed by atoms with Gasteiger partial charge < -0.3 is 15.5 Å². The Morgan fingerprint density at radius 1 is 1.85 bits per heavy atom. The molecule has 0 spiro atoms. The topological polar surface area (TPSA) is 81.2 Å². The molecular weight excluding hydrogens is 170 g/mol. The van der Waals surface area contributed by atoms with E-state index < -0.39 is 6.04 Å². The molecule has 0 bridgehead atoms. The smallest absolute Gasteiger partial charge is 0.237 e. The molecule has 0 saturated carbocycles. The van der Waals surface area contributed by atoms with E-state index in [2.05, 4.69) is 10.3 Å². The van der Waals surface area contributed by atoms with Gasteiger partial charge in [0.05, 0.1) is 18.8 Å². The summed E-state index contributed by atoms with van der Waals surface area (Å²) in [4.78, 5) is 14.9. The molecule has 13 heavy (non-hydrogen) atoms. The number of aromatic nitrogens is 1. The van der Waals surface area contributed by atoms with Crippen LogP contribution < -0.4 is 11.1 Å². The van der Waals surface area contributed by atoms with Gasteiger partial charge in [0.2, 0.25) is 11.8 Å². The monoisotopic (exact) mass is 183 g/mol. The number of oxazole rings is 1. The molecule has 1 aromatic heterocycles. The van der Waals surface area contributed by atoms with Gasteiger partial charge in [-0.25, -0.2) is 4.98 Å². The molecule has 0 unspecified atom stereocenters. The van der Waals surface area contributed by atoms with Gasteiger partial charge >= 0.3 is 0 Å². The van der Waals surface area contributed by atoms with Crippen molar-refractivity contribution in [3.8, 4) is 0 Å². The molecular formula is C8H13N3O2. The Morgan fingerprint density at radius 2 is 2.54 bits per heavy atom. The van der Waals surface area contributed by atoms with Crippen molar-refractivity contribution in [3.63, 3.8) is 0 Å². The first-order valence-electron chi connectivity index (χ1n) is 4.04. The molecule has 1 aromatic rings. The molecule has 1 heterocycles. The van der Waals surface area contributed by atoms with Crippen LogP contribution in [0.5, 0.6) is 0 Å². The van der Waals surface area contributed by atoms with E-state index in [0.29, 0.717) is 5.89 Å².